The van der Waals surface area contributed by atoms with Crippen molar-refractivity contribution in [1.29, 1.82) is 0 Å². The Morgan fingerprint density at radius 3 is 2.54 bits per heavy atom. The number of rotatable bonds is 9. The number of nitrogen functional groups attached to an aromatic ring is 1. The fourth-order valence-corrected chi connectivity index (χ4v) is 3.59. The fraction of sp³-hybridized carbons (Fsp3) is 0.714. The summed E-state index contributed by atoms with van der Waals surface area (Å²) in [6, 6.07) is 0.327. The van der Waals surface area contributed by atoms with Crippen molar-refractivity contribution in [3.63, 3.8) is 0 Å². The van der Waals surface area contributed by atoms with Gasteiger partial charge in [-0.3, -0.25) is 9.59 Å². The fourth-order valence-electron chi connectivity index (χ4n) is 1.99. The van der Waals surface area contributed by atoms with Crippen LogP contribution in [0.1, 0.15) is 33.6 Å². The monoisotopic (exact) mass is 372 g/mol. The van der Waals surface area contributed by atoms with E-state index in [0.717, 1.165) is 12.8 Å². The van der Waals surface area contributed by atoms with Crippen molar-refractivity contribution in [1.82, 2.24) is 25.1 Å². The summed E-state index contributed by atoms with van der Waals surface area (Å²) in [6.45, 7) is 7.06. The Balaban J connectivity index is 1.88. The van der Waals surface area contributed by atoms with Crippen molar-refractivity contribution in [3.05, 3.63) is 0 Å². The maximum absolute atomic E-state index is 12.0. The quantitative estimate of drug-likeness (QED) is 0.486. The molecule has 0 bridgehead atoms. The molecule has 0 aliphatic heterocycles. The molecule has 1 aromatic heterocycles. The number of nitrogens with two attached hydrogens (primary N) is 1. The molecule has 1 aliphatic rings. The number of carbonyl (C=O) groups excluding carboxylic acids is 2. The summed E-state index contributed by atoms with van der Waals surface area (Å²) in [4.78, 5) is 25.8. The lowest BCUT2D eigenvalue weighted by Gasteiger charge is -2.17. The van der Waals surface area contributed by atoms with Gasteiger partial charge in [-0.15, -0.1) is 10.2 Å². The van der Waals surface area contributed by atoms with Gasteiger partial charge in [0.2, 0.25) is 22.1 Å². The minimum Gasteiger partial charge on any atom is -0.352 e. The van der Waals surface area contributed by atoms with E-state index < -0.39 is 0 Å². The third-order valence-corrected chi connectivity index (χ3v) is 5.63. The van der Waals surface area contributed by atoms with Crippen molar-refractivity contribution in [2.24, 2.45) is 0 Å². The summed E-state index contributed by atoms with van der Waals surface area (Å²) in [7, 11) is 0. The minimum absolute atomic E-state index is 0.0172. The van der Waals surface area contributed by atoms with Gasteiger partial charge in [0, 0.05) is 19.1 Å². The van der Waals surface area contributed by atoms with E-state index >= 15 is 0 Å². The van der Waals surface area contributed by atoms with E-state index in [4.69, 9.17) is 5.84 Å². The second kappa shape index (κ2) is 8.61. The number of hydrogen-bond acceptors (Lipinski definition) is 7. The summed E-state index contributed by atoms with van der Waals surface area (Å²) in [5.74, 6) is 6.27. The van der Waals surface area contributed by atoms with Gasteiger partial charge in [0.15, 0.2) is 0 Å². The molecule has 1 atom stereocenters. The van der Waals surface area contributed by atoms with Crippen molar-refractivity contribution >= 4 is 35.3 Å². The molecule has 1 saturated carbocycles. The van der Waals surface area contributed by atoms with E-state index in [0.29, 0.717) is 29.4 Å². The Morgan fingerprint density at radius 1 is 1.33 bits per heavy atom. The van der Waals surface area contributed by atoms with E-state index in [2.05, 4.69) is 15.5 Å². The SMILES string of the molecule is CCN(CC)C(=O)CSc1nnc(S[C@@H](C)C(=O)NC2CC2)n1N. The first-order valence-electron chi connectivity index (χ1n) is 8.04. The molecular formula is C14H24N6O2S2. The Morgan fingerprint density at radius 2 is 1.96 bits per heavy atom. The highest BCUT2D eigenvalue weighted by Gasteiger charge is 2.27. The number of nitrogens with one attached hydrogen (secondary N) is 1. The van der Waals surface area contributed by atoms with Crippen LogP contribution in [-0.2, 0) is 9.59 Å². The number of nitrogens with zero attached hydrogens (tertiary/aromatic N) is 4. The summed E-state index contributed by atoms with van der Waals surface area (Å²) < 4.78 is 1.34. The van der Waals surface area contributed by atoms with E-state index in [1.807, 2.05) is 20.8 Å². The van der Waals surface area contributed by atoms with E-state index in [1.54, 1.807) is 4.90 Å². The maximum Gasteiger partial charge on any atom is 0.233 e. The lowest BCUT2D eigenvalue weighted by atomic mass is 10.4. The zero-order chi connectivity index (χ0) is 17.7. The second-order valence-electron chi connectivity index (χ2n) is 5.53. The lowest BCUT2D eigenvalue weighted by molar-refractivity contribution is -0.128. The number of amides is 2. The average molecular weight is 373 g/mol. The van der Waals surface area contributed by atoms with Crippen LogP contribution >= 0.6 is 23.5 Å². The van der Waals surface area contributed by atoms with Gasteiger partial charge in [0.1, 0.15) is 0 Å². The molecule has 2 amide bonds. The number of hydrogen-bond donors (Lipinski definition) is 2. The van der Waals surface area contributed by atoms with Crippen LogP contribution in [0.15, 0.2) is 10.3 Å². The molecule has 0 unspecified atom stereocenters. The Labute approximate surface area is 150 Å². The number of aromatic nitrogens is 3. The standard InChI is InChI=1S/C14H24N6O2S2/c1-4-19(5-2)11(21)8-23-13-17-18-14(20(13)15)24-9(3)12(22)16-10-6-7-10/h9-10H,4-8,15H2,1-3H3,(H,16,22)/t9-/m0/s1. The highest BCUT2D eigenvalue weighted by molar-refractivity contribution is 8.00. The van der Waals surface area contributed by atoms with Gasteiger partial charge in [-0.25, -0.2) is 4.68 Å². The van der Waals surface area contributed by atoms with Crippen LogP contribution in [0.4, 0.5) is 0 Å². The van der Waals surface area contributed by atoms with Crippen LogP contribution in [0, 0.1) is 0 Å². The summed E-state index contributed by atoms with van der Waals surface area (Å²) in [5, 5.41) is 11.6. The maximum atomic E-state index is 12.0. The number of carbonyl (C=O) groups is 2. The van der Waals surface area contributed by atoms with Crippen molar-refractivity contribution in [3.8, 4) is 0 Å². The predicted octanol–water partition coefficient (Wildman–Crippen LogP) is 0.712. The van der Waals surface area contributed by atoms with Crippen molar-refractivity contribution in [2.45, 2.75) is 55.2 Å². The first kappa shape index (κ1) is 18.9. The van der Waals surface area contributed by atoms with Crippen LogP contribution in [0.25, 0.3) is 0 Å². The van der Waals surface area contributed by atoms with Gasteiger partial charge in [-0.05, 0) is 33.6 Å². The molecule has 0 spiro atoms. The molecule has 1 heterocycles. The van der Waals surface area contributed by atoms with Gasteiger partial charge >= 0.3 is 0 Å². The van der Waals surface area contributed by atoms with Gasteiger partial charge in [-0.2, -0.15) is 0 Å². The molecule has 10 heteroatoms. The first-order valence-corrected chi connectivity index (χ1v) is 9.90. The molecule has 3 N–H and O–H groups in total. The molecular weight excluding hydrogens is 348 g/mol. The summed E-state index contributed by atoms with van der Waals surface area (Å²) in [5.41, 5.74) is 0. The number of thioether (sulfide) groups is 2. The first-order chi connectivity index (χ1) is 11.5. The highest BCUT2D eigenvalue weighted by atomic mass is 32.2. The second-order valence-corrected chi connectivity index (χ2v) is 7.78. The Kier molecular flexibility index (Phi) is 6.79. The van der Waals surface area contributed by atoms with Crippen LogP contribution in [-0.4, -0.2) is 61.7 Å². The van der Waals surface area contributed by atoms with Gasteiger partial charge in [0.25, 0.3) is 0 Å². The molecule has 8 nitrogen and oxygen atoms in total. The highest BCUT2D eigenvalue weighted by Crippen LogP contribution is 2.26. The van der Waals surface area contributed by atoms with Crippen LogP contribution < -0.4 is 11.2 Å². The molecule has 134 valence electrons. The van der Waals surface area contributed by atoms with Gasteiger partial charge in [0.05, 0.1) is 11.0 Å². The lowest BCUT2D eigenvalue weighted by Crippen LogP contribution is -2.33. The molecule has 0 aromatic carbocycles. The molecule has 1 aliphatic carbocycles. The third kappa shape index (κ3) is 5.04. The van der Waals surface area contributed by atoms with Crippen molar-refractivity contribution < 1.29 is 9.59 Å². The molecule has 0 radical (unpaired) electrons. The Bertz CT molecular complexity index is 586. The van der Waals surface area contributed by atoms with E-state index in [1.165, 1.54) is 28.2 Å². The van der Waals surface area contributed by atoms with Crippen molar-refractivity contribution in [2.75, 3.05) is 24.7 Å². The Hall–Kier alpha value is -1.42. The van der Waals surface area contributed by atoms with E-state index in [-0.39, 0.29) is 22.8 Å². The minimum atomic E-state index is -0.299. The average Bonchev–Trinajstić information content (AvgIpc) is 3.31. The molecule has 2 rings (SSSR count). The van der Waals surface area contributed by atoms with Gasteiger partial charge < -0.3 is 16.1 Å². The van der Waals surface area contributed by atoms with Crippen LogP contribution in [0.5, 0.6) is 0 Å². The van der Waals surface area contributed by atoms with Crippen LogP contribution in [0.3, 0.4) is 0 Å². The molecule has 24 heavy (non-hydrogen) atoms. The zero-order valence-corrected chi connectivity index (χ0v) is 15.8. The predicted molar refractivity (Wildman–Crippen MR) is 95.3 cm³/mol. The summed E-state index contributed by atoms with van der Waals surface area (Å²) >= 11 is 2.51. The molecule has 1 aromatic rings. The van der Waals surface area contributed by atoms with Crippen LogP contribution in [0.2, 0.25) is 0 Å². The summed E-state index contributed by atoms with van der Waals surface area (Å²) in [6.07, 6.45) is 2.11. The van der Waals surface area contributed by atoms with Gasteiger partial charge in [-0.1, -0.05) is 23.5 Å². The van der Waals surface area contributed by atoms with E-state index in [9.17, 15) is 9.59 Å². The normalized spacial score (nSPS) is 15.1. The third-order valence-electron chi connectivity index (χ3n) is 3.65. The molecule has 0 saturated heterocycles. The zero-order valence-electron chi connectivity index (χ0n) is 14.2. The molecule has 1 fully saturated rings. The largest absolute Gasteiger partial charge is 0.352 e. The smallest absolute Gasteiger partial charge is 0.233 e. The topological polar surface area (TPSA) is 106 Å².